The summed E-state index contributed by atoms with van der Waals surface area (Å²) in [6, 6.07) is 3.22. The first kappa shape index (κ1) is 14.5. The summed E-state index contributed by atoms with van der Waals surface area (Å²) in [5, 5.41) is 8.82. The van der Waals surface area contributed by atoms with E-state index in [1.807, 2.05) is 4.90 Å². The smallest absolute Gasteiger partial charge is 0.354 e. The van der Waals surface area contributed by atoms with Crippen LogP contribution in [0.1, 0.15) is 59.9 Å². The van der Waals surface area contributed by atoms with Gasteiger partial charge in [-0.05, 0) is 31.4 Å². The van der Waals surface area contributed by atoms with E-state index in [-0.39, 0.29) is 17.6 Å². The van der Waals surface area contributed by atoms with Gasteiger partial charge in [-0.1, -0.05) is 19.8 Å². The van der Waals surface area contributed by atoms with Crippen LogP contribution in [0.3, 0.4) is 0 Å². The zero-order valence-electron chi connectivity index (χ0n) is 11.7. The van der Waals surface area contributed by atoms with Crippen molar-refractivity contribution >= 4 is 11.9 Å². The molecule has 0 saturated carbocycles. The number of carboxylic acids is 1. The second-order valence-electron chi connectivity index (χ2n) is 5.15. The van der Waals surface area contributed by atoms with Crippen molar-refractivity contribution < 1.29 is 14.7 Å². The van der Waals surface area contributed by atoms with Gasteiger partial charge in [0.1, 0.15) is 5.69 Å². The molecular formula is C15H20N2O3. The molecule has 1 aromatic rings. The van der Waals surface area contributed by atoms with Crippen LogP contribution in [0.5, 0.6) is 0 Å². The summed E-state index contributed by atoms with van der Waals surface area (Å²) in [6.45, 7) is 2.88. The number of hydrogen-bond acceptors (Lipinski definition) is 3. The van der Waals surface area contributed by atoms with Gasteiger partial charge in [0.25, 0.3) is 5.91 Å². The van der Waals surface area contributed by atoms with Crippen molar-refractivity contribution in [3.05, 3.63) is 29.6 Å². The van der Waals surface area contributed by atoms with Crippen LogP contribution in [0.4, 0.5) is 0 Å². The minimum atomic E-state index is -1.08. The predicted octanol–water partition coefficient (Wildman–Crippen LogP) is 2.57. The summed E-state index contributed by atoms with van der Waals surface area (Å²) in [5.74, 6) is -1.12. The van der Waals surface area contributed by atoms with Gasteiger partial charge in [0.2, 0.25) is 0 Å². The molecule has 1 N–H and O–H groups in total. The molecule has 0 bridgehead atoms. The highest BCUT2D eigenvalue weighted by Crippen LogP contribution is 2.21. The normalized spacial score (nSPS) is 19.4. The number of carbonyl (C=O) groups is 2. The molecule has 2 rings (SSSR count). The average molecular weight is 276 g/mol. The van der Waals surface area contributed by atoms with E-state index < -0.39 is 5.97 Å². The summed E-state index contributed by atoms with van der Waals surface area (Å²) >= 11 is 0. The zero-order chi connectivity index (χ0) is 14.5. The topological polar surface area (TPSA) is 70.5 Å². The number of hydrogen-bond donors (Lipinski definition) is 1. The second kappa shape index (κ2) is 6.50. The van der Waals surface area contributed by atoms with Gasteiger partial charge in [-0.3, -0.25) is 4.79 Å². The number of rotatable bonds is 3. The van der Waals surface area contributed by atoms with Crippen molar-refractivity contribution in [2.75, 3.05) is 6.54 Å². The number of likely N-dealkylation sites (tertiary alicyclic amines) is 1. The van der Waals surface area contributed by atoms with Gasteiger partial charge in [-0.25, -0.2) is 9.78 Å². The molecule has 0 radical (unpaired) electrons. The molecule has 1 aliphatic heterocycles. The van der Waals surface area contributed by atoms with E-state index in [9.17, 15) is 9.59 Å². The minimum Gasteiger partial charge on any atom is -0.477 e. The summed E-state index contributed by atoms with van der Waals surface area (Å²) in [6.07, 6.45) is 6.72. The van der Waals surface area contributed by atoms with Crippen LogP contribution in [0.15, 0.2) is 18.3 Å². The number of aromatic nitrogens is 1. The van der Waals surface area contributed by atoms with Crippen LogP contribution < -0.4 is 0 Å². The maximum atomic E-state index is 12.5. The van der Waals surface area contributed by atoms with E-state index in [2.05, 4.69) is 11.9 Å². The lowest BCUT2D eigenvalue weighted by molar-refractivity contribution is 0.0667. The van der Waals surface area contributed by atoms with Crippen molar-refractivity contribution in [3.63, 3.8) is 0 Å². The first-order valence-corrected chi connectivity index (χ1v) is 7.13. The Labute approximate surface area is 118 Å². The Kier molecular flexibility index (Phi) is 4.71. The molecule has 2 heterocycles. The zero-order valence-corrected chi connectivity index (χ0v) is 11.7. The molecule has 108 valence electrons. The molecule has 1 unspecified atom stereocenters. The van der Waals surface area contributed by atoms with E-state index in [4.69, 9.17) is 5.11 Å². The van der Waals surface area contributed by atoms with E-state index in [1.165, 1.54) is 18.7 Å². The van der Waals surface area contributed by atoms with Crippen LogP contribution in [0.25, 0.3) is 0 Å². The highest BCUT2D eigenvalue weighted by Gasteiger charge is 2.25. The van der Waals surface area contributed by atoms with E-state index in [0.717, 1.165) is 32.2 Å². The third-order valence-corrected chi connectivity index (χ3v) is 3.84. The summed E-state index contributed by atoms with van der Waals surface area (Å²) in [4.78, 5) is 29.1. The first-order chi connectivity index (χ1) is 9.63. The van der Waals surface area contributed by atoms with Gasteiger partial charge in [0.05, 0.1) is 5.56 Å². The van der Waals surface area contributed by atoms with Crippen LogP contribution in [-0.2, 0) is 0 Å². The fourth-order valence-electron chi connectivity index (χ4n) is 2.68. The van der Waals surface area contributed by atoms with Crippen LogP contribution in [0, 0.1) is 0 Å². The van der Waals surface area contributed by atoms with Crippen LogP contribution in [-0.4, -0.2) is 39.5 Å². The van der Waals surface area contributed by atoms with Crippen molar-refractivity contribution in [3.8, 4) is 0 Å². The third kappa shape index (κ3) is 3.15. The Morgan fingerprint density at radius 3 is 2.75 bits per heavy atom. The number of aromatic carboxylic acids is 1. The van der Waals surface area contributed by atoms with Crippen LogP contribution in [0.2, 0.25) is 0 Å². The molecule has 1 saturated heterocycles. The fourth-order valence-corrected chi connectivity index (χ4v) is 2.68. The maximum absolute atomic E-state index is 12.5. The standard InChI is InChI=1S/C15H20N2O3/c1-2-12-6-4-3-5-9-17(12)14(18)11-7-8-13(15(19)20)16-10-11/h7-8,10,12H,2-6,9H2,1H3,(H,19,20). The van der Waals surface area contributed by atoms with Gasteiger partial charge in [0, 0.05) is 18.8 Å². The molecule has 0 aliphatic carbocycles. The number of pyridine rings is 1. The number of nitrogens with zero attached hydrogens (tertiary/aromatic N) is 2. The van der Waals surface area contributed by atoms with Gasteiger partial charge >= 0.3 is 5.97 Å². The number of carboxylic acid groups (broad SMARTS) is 1. The van der Waals surface area contributed by atoms with Gasteiger partial charge in [-0.2, -0.15) is 0 Å². The molecule has 0 spiro atoms. The molecular weight excluding hydrogens is 256 g/mol. The van der Waals surface area contributed by atoms with Crippen molar-refractivity contribution in [1.82, 2.24) is 9.88 Å². The molecule has 0 aromatic carbocycles. The molecule has 1 amide bonds. The van der Waals surface area contributed by atoms with E-state index in [0.29, 0.717) is 5.56 Å². The molecule has 1 atom stereocenters. The summed E-state index contributed by atoms with van der Waals surface area (Å²) in [7, 11) is 0. The second-order valence-corrected chi connectivity index (χ2v) is 5.15. The molecule has 1 fully saturated rings. The van der Waals surface area contributed by atoms with E-state index in [1.54, 1.807) is 6.07 Å². The fraction of sp³-hybridized carbons (Fsp3) is 0.533. The quantitative estimate of drug-likeness (QED) is 0.921. The monoisotopic (exact) mass is 276 g/mol. The molecule has 5 nitrogen and oxygen atoms in total. The first-order valence-electron chi connectivity index (χ1n) is 7.13. The summed E-state index contributed by atoms with van der Waals surface area (Å²) < 4.78 is 0. The molecule has 20 heavy (non-hydrogen) atoms. The van der Waals surface area contributed by atoms with Gasteiger partial charge in [0.15, 0.2) is 0 Å². The lowest BCUT2D eigenvalue weighted by atomic mass is 10.1. The van der Waals surface area contributed by atoms with Crippen molar-refractivity contribution in [1.29, 1.82) is 0 Å². The lowest BCUT2D eigenvalue weighted by Crippen LogP contribution is -2.39. The third-order valence-electron chi connectivity index (χ3n) is 3.84. The largest absolute Gasteiger partial charge is 0.477 e. The average Bonchev–Trinajstić information content (AvgIpc) is 2.71. The Morgan fingerprint density at radius 2 is 2.15 bits per heavy atom. The van der Waals surface area contributed by atoms with Gasteiger partial charge < -0.3 is 10.0 Å². The van der Waals surface area contributed by atoms with Crippen molar-refractivity contribution in [2.24, 2.45) is 0 Å². The van der Waals surface area contributed by atoms with Gasteiger partial charge in [-0.15, -0.1) is 0 Å². The van der Waals surface area contributed by atoms with Crippen molar-refractivity contribution in [2.45, 2.75) is 45.1 Å². The maximum Gasteiger partial charge on any atom is 0.354 e. The SMILES string of the molecule is CCC1CCCCCN1C(=O)c1ccc(C(=O)O)nc1. The highest BCUT2D eigenvalue weighted by molar-refractivity contribution is 5.95. The molecule has 1 aromatic heterocycles. The Balaban J connectivity index is 2.17. The summed E-state index contributed by atoms with van der Waals surface area (Å²) in [5.41, 5.74) is 0.430. The van der Waals surface area contributed by atoms with Crippen LogP contribution >= 0.6 is 0 Å². The highest BCUT2D eigenvalue weighted by atomic mass is 16.4. The minimum absolute atomic E-state index is 0.0375. The predicted molar refractivity (Wildman–Crippen MR) is 74.8 cm³/mol. The Morgan fingerprint density at radius 1 is 1.35 bits per heavy atom. The Bertz CT molecular complexity index is 484. The van der Waals surface area contributed by atoms with E-state index >= 15 is 0 Å². The number of amides is 1. The molecule has 1 aliphatic rings. The Hall–Kier alpha value is -1.91. The number of carbonyl (C=O) groups excluding carboxylic acids is 1. The molecule has 5 heteroatoms. The lowest BCUT2D eigenvalue weighted by Gasteiger charge is -2.29.